The van der Waals surface area contributed by atoms with Crippen LogP contribution in [0.5, 0.6) is 0 Å². The summed E-state index contributed by atoms with van der Waals surface area (Å²) in [5.74, 6) is 0. The van der Waals surface area contributed by atoms with Crippen molar-refractivity contribution in [1.82, 2.24) is 15.1 Å². The predicted molar refractivity (Wildman–Crippen MR) is 89.7 cm³/mol. The molecule has 5 heteroatoms. The molecule has 2 rings (SSSR count). The van der Waals surface area contributed by atoms with Gasteiger partial charge in [-0.3, -0.25) is 4.68 Å². The average molecular weight is 401 g/mol. The Hall–Kier alpha value is -0.650. The van der Waals surface area contributed by atoms with E-state index in [-0.39, 0.29) is 0 Å². The first kappa shape index (κ1) is 15.7. The molecule has 0 saturated heterocycles. The summed E-state index contributed by atoms with van der Waals surface area (Å²) in [6.45, 7) is 6.79. The van der Waals surface area contributed by atoms with Crippen molar-refractivity contribution in [2.45, 2.75) is 39.9 Å². The first-order chi connectivity index (χ1) is 9.67. The highest BCUT2D eigenvalue weighted by atomic mass is 79.9. The number of aryl methyl sites for hydroxylation is 2. The summed E-state index contributed by atoms with van der Waals surface area (Å²) in [5.41, 5.74) is 3.61. The van der Waals surface area contributed by atoms with E-state index in [1.54, 1.807) is 0 Å². The summed E-state index contributed by atoms with van der Waals surface area (Å²) < 4.78 is 4.35. The molecule has 0 fully saturated rings. The molecule has 0 aliphatic rings. The molecule has 0 radical (unpaired) electrons. The fraction of sp³-hybridized carbons (Fsp3) is 0.400. The van der Waals surface area contributed by atoms with E-state index in [1.807, 2.05) is 6.07 Å². The maximum atomic E-state index is 4.61. The minimum absolute atomic E-state index is 0.808. The van der Waals surface area contributed by atoms with E-state index in [0.717, 1.165) is 40.7 Å². The molecule has 0 spiro atoms. The average Bonchev–Trinajstić information content (AvgIpc) is 2.77. The second-order valence-electron chi connectivity index (χ2n) is 4.57. The molecular weight excluding hydrogens is 382 g/mol. The highest BCUT2D eigenvalue weighted by Gasteiger charge is 2.13. The Bertz CT molecular complexity index is 578. The minimum atomic E-state index is 0.808. The second kappa shape index (κ2) is 7.38. The van der Waals surface area contributed by atoms with Gasteiger partial charge >= 0.3 is 0 Å². The van der Waals surface area contributed by atoms with E-state index in [1.165, 1.54) is 11.3 Å². The Morgan fingerprint density at radius 2 is 1.90 bits per heavy atom. The standard InChI is InChI=1S/C15H19Br2N3/c1-3-13-15(17)14(20(4-2)19-13)10-18-9-11-7-5-6-8-12(11)16/h5-8,18H,3-4,9-10H2,1-2H3. The molecule has 108 valence electrons. The predicted octanol–water partition coefficient (Wildman–Crippen LogP) is 4.28. The van der Waals surface area contributed by atoms with Gasteiger partial charge in [0.25, 0.3) is 0 Å². The molecule has 0 atom stereocenters. The van der Waals surface area contributed by atoms with Crippen molar-refractivity contribution in [3.8, 4) is 0 Å². The van der Waals surface area contributed by atoms with Gasteiger partial charge < -0.3 is 5.32 Å². The molecule has 1 heterocycles. The maximum absolute atomic E-state index is 4.61. The molecule has 0 bridgehead atoms. The number of nitrogens with zero attached hydrogens (tertiary/aromatic N) is 2. The van der Waals surface area contributed by atoms with Crippen LogP contribution in [0.2, 0.25) is 0 Å². The van der Waals surface area contributed by atoms with E-state index >= 15 is 0 Å². The Labute approximate surface area is 137 Å². The molecule has 20 heavy (non-hydrogen) atoms. The normalized spacial score (nSPS) is 11.0. The molecule has 2 aromatic rings. The van der Waals surface area contributed by atoms with E-state index in [4.69, 9.17) is 0 Å². The van der Waals surface area contributed by atoms with Crippen LogP contribution in [-0.4, -0.2) is 9.78 Å². The molecule has 1 N–H and O–H groups in total. The molecule has 0 aliphatic carbocycles. The quantitative estimate of drug-likeness (QED) is 0.784. The number of aromatic nitrogens is 2. The number of hydrogen-bond donors (Lipinski definition) is 1. The molecule has 0 amide bonds. The van der Waals surface area contributed by atoms with Gasteiger partial charge in [-0.1, -0.05) is 41.1 Å². The number of benzene rings is 1. The molecule has 0 aliphatic heterocycles. The lowest BCUT2D eigenvalue weighted by Crippen LogP contribution is -2.16. The van der Waals surface area contributed by atoms with E-state index in [2.05, 4.69) is 79.0 Å². The van der Waals surface area contributed by atoms with E-state index in [0.29, 0.717) is 0 Å². The monoisotopic (exact) mass is 399 g/mol. The maximum Gasteiger partial charge on any atom is 0.0767 e. The lowest BCUT2D eigenvalue weighted by molar-refractivity contribution is 0.576. The molecule has 3 nitrogen and oxygen atoms in total. The number of nitrogens with one attached hydrogen (secondary N) is 1. The van der Waals surface area contributed by atoms with Crippen molar-refractivity contribution in [2.75, 3.05) is 0 Å². The summed E-state index contributed by atoms with van der Waals surface area (Å²) in [7, 11) is 0. The van der Waals surface area contributed by atoms with Crippen LogP contribution in [0.15, 0.2) is 33.2 Å². The van der Waals surface area contributed by atoms with Gasteiger partial charge in [0, 0.05) is 24.1 Å². The van der Waals surface area contributed by atoms with Crippen LogP contribution in [0.1, 0.15) is 30.8 Å². The zero-order chi connectivity index (χ0) is 14.5. The van der Waals surface area contributed by atoms with Crippen molar-refractivity contribution in [3.63, 3.8) is 0 Å². The van der Waals surface area contributed by atoms with Crippen LogP contribution in [0.3, 0.4) is 0 Å². The fourth-order valence-electron chi connectivity index (χ4n) is 2.14. The van der Waals surface area contributed by atoms with Crippen LogP contribution in [-0.2, 0) is 26.1 Å². The Morgan fingerprint density at radius 1 is 1.15 bits per heavy atom. The highest BCUT2D eigenvalue weighted by Crippen LogP contribution is 2.22. The van der Waals surface area contributed by atoms with Gasteiger partial charge in [-0.2, -0.15) is 5.10 Å². The zero-order valence-corrected chi connectivity index (χ0v) is 15.0. The largest absolute Gasteiger partial charge is 0.307 e. The lowest BCUT2D eigenvalue weighted by atomic mass is 10.2. The van der Waals surface area contributed by atoms with Crippen molar-refractivity contribution >= 4 is 31.9 Å². The second-order valence-corrected chi connectivity index (χ2v) is 6.22. The third-order valence-corrected chi connectivity index (χ3v) is 4.95. The van der Waals surface area contributed by atoms with Gasteiger partial charge in [0.15, 0.2) is 0 Å². The van der Waals surface area contributed by atoms with Crippen molar-refractivity contribution in [3.05, 3.63) is 50.2 Å². The van der Waals surface area contributed by atoms with Gasteiger partial charge in [-0.05, 0) is 40.9 Å². The highest BCUT2D eigenvalue weighted by molar-refractivity contribution is 9.10. The van der Waals surface area contributed by atoms with Crippen LogP contribution < -0.4 is 5.32 Å². The summed E-state index contributed by atoms with van der Waals surface area (Å²) in [5, 5.41) is 8.10. The third kappa shape index (κ3) is 3.51. The molecule has 1 aromatic carbocycles. The summed E-state index contributed by atoms with van der Waals surface area (Å²) in [4.78, 5) is 0. The molecule has 0 saturated carbocycles. The van der Waals surface area contributed by atoms with Gasteiger partial charge in [0.05, 0.1) is 15.9 Å². The molecule has 1 aromatic heterocycles. The van der Waals surface area contributed by atoms with E-state index < -0.39 is 0 Å². The van der Waals surface area contributed by atoms with Gasteiger partial charge in [-0.25, -0.2) is 0 Å². The third-order valence-electron chi connectivity index (χ3n) is 3.26. The number of halogens is 2. The fourth-order valence-corrected chi connectivity index (χ4v) is 3.27. The van der Waals surface area contributed by atoms with Gasteiger partial charge in [-0.15, -0.1) is 0 Å². The van der Waals surface area contributed by atoms with Crippen molar-refractivity contribution in [2.24, 2.45) is 0 Å². The summed E-state index contributed by atoms with van der Waals surface area (Å²) in [6, 6.07) is 8.28. The first-order valence-corrected chi connectivity index (χ1v) is 8.44. The van der Waals surface area contributed by atoms with Crippen LogP contribution in [0, 0.1) is 0 Å². The lowest BCUT2D eigenvalue weighted by Gasteiger charge is -2.09. The Morgan fingerprint density at radius 3 is 2.55 bits per heavy atom. The Balaban J connectivity index is 2.04. The van der Waals surface area contributed by atoms with Crippen molar-refractivity contribution in [1.29, 1.82) is 0 Å². The SMILES string of the molecule is CCc1nn(CC)c(CNCc2ccccc2Br)c1Br. The van der Waals surface area contributed by atoms with Crippen LogP contribution in [0.25, 0.3) is 0 Å². The number of rotatable bonds is 6. The smallest absolute Gasteiger partial charge is 0.0767 e. The summed E-state index contributed by atoms with van der Waals surface area (Å²) in [6.07, 6.45) is 0.949. The first-order valence-electron chi connectivity index (χ1n) is 6.85. The Kier molecular flexibility index (Phi) is 5.81. The summed E-state index contributed by atoms with van der Waals surface area (Å²) >= 11 is 7.25. The van der Waals surface area contributed by atoms with Crippen LogP contribution >= 0.6 is 31.9 Å². The number of hydrogen-bond acceptors (Lipinski definition) is 2. The minimum Gasteiger partial charge on any atom is -0.307 e. The van der Waals surface area contributed by atoms with E-state index in [9.17, 15) is 0 Å². The topological polar surface area (TPSA) is 29.9 Å². The zero-order valence-electron chi connectivity index (χ0n) is 11.8. The van der Waals surface area contributed by atoms with Crippen molar-refractivity contribution < 1.29 is 0 Å². The molecule has 0 unspecified atom stereocenters. The van der Waals surface area contributed by atoms with Crippen LogP contribution in [0.4, 0.5) is 0 Å². The van der Waals surface area contributed by atoms with Gasteiger partial charge in [0.1, 0.15) is 0 Å². The van der Waals surface area contributed by atoms with Gasteiger partial charge in [0.2, 0.25) is 0 Å². The molecular formula is C15H19Br2N3.